The Hall–Kier alpha value is -1.86. The van der Waals surface area contributed by atoms with Crippen LogP contribution >= 0.6 is 0 Å². The van der Waals surface area contributed by atoms with E-state index in [4.69, 9.17) is 0 Å². The van der Waals surface area contributed by atoms with E-state index in [-0.39, 0.29) is 4.90 Å². The molecule has 2 aromatic rings. The summed E-state index contributed by atoms with van der Waals surface area (Å²) in [5.74, 6) is 0. The predicted octanol–water partition coefficient (Wildman–Crippen LogP) is 1.29. The second kappa shape index (κ2) is 6.53. The number of anilines is 1. The average Bonchev–Trinajstić information content (AvgIpc) is 2.97. The maximum Gasteiger partial charge on any atom is 0.242 e. The molecule has 0 saturated carbocycles. The van der Waals surface area contributed by atoms with E-state index in [2.05, 4.69) is 15.0 Å². The third-order valence-corrected chi connectivity index (χ3v) is 4.41. The summed E-state index contributed by atoms with van der Waals surface area (Å²) in [6.45, 7) is 1.12. The first-order chi connectivity index (χ1) is 9.63. The van der Waals surface area contributed by atoms with Gasteiger partial charge in [0.25, 0.3) is 0 Å². The van der Waals surface area contributed by atoms with Crippen molar-refractivity contribution in [2.45, 2.75) is 17.9 Å². The highest BCUT2D eigenvalue weighted by Gasteiger charge is 2.16. The molecule has 0 aliphatic rings. The molecule has 2 rings (SSSR count). The van der Waals surface area contributed by atoms with Crippen molar-refractivity contribution in [3.8, 4) is 0 Å². The van der Waals surface area contributed by atoms with Gasteiger partial charge in [0.15, 0.2) is 0 Å². The Morgan fingerprint density at radius 2 is 2.10 bits per heavy atom. The SMILES string of the molecule is CNc1ccccc1S(=O)(=O)NCCCn1ccnc1. The maximum atomic E-state index is 12.2. The van der Waals surface area contributed by atoms with Crippen LogP contribution in [0.1, 0.15) is 6.42 Å². The molecule has 1 heterocycles. The van der Waals surface area contributed by atoms with Gasteiger partial charge in [-0.2, -0.15) is 0 Å². The molecule has 0 spiro atoms. The number of imidazole rings is 1. The van der Waals surface area contributed by atoms with Gasteiger partial charge in [-0.1, -0.05) is 12.1 Å². The molecule has 0 unspecified atom stereocenters. The van der Waals surface area contributed by atoms with Crippen molar-refractivity contribution in [3.05, 3.63) is 43.0 Å². The summed E-state index contributed by atoms with van der Waals surface area (Å²) in [4.78, 5) is 4.20. The Kier molecular flexibility index (Phi) is 4.75. The monoisotopic (exact) mass is 294 g/mol. The molecule has 0 fully saturated rings. The van der Waals surface area contributed by atoms with Crippen molar-refractivity contribution in [2.24, 2.45) is 0 Å². The Balaban J connectivity index is 1.94. The molecule has 2 N–H and O–H groups in total. The lowest BCUT2D eigenvalue weighted by Crippen LogP contribution is -2.26. The van der Waals surface area contributed by atoms with Gasteiger partial charge in [-0.15, -0.1) is 0 Å². The van der Waals surface area contributed by atoms with Crippen molar-refractivity contribution in [1.82, 2.24) is 14.3 Å². The van der Waals surface area contributed by atoms with Gasteiger partial charge in [0.2, 0.25) is 10.0 Å². The van der Waals surface area contributed by atoms with Crippen LogP contribution in [0.5, 0.6) is 0 Å². The van der Waals surface area contributed by atoms with Crippen LogP contribution in [-0.2, 0) is 16.6 Å². The number of aryl methyl sites for hydroxylation is 1. The lowest BCUT2D eigenvalue weighted by atomic mass is 10.3. The summed E-state index contributed by atoms with van der Waals surface area (Å²) >= 11 is 0. The third kappa shape index (κ3) is 3.58. The van der Waals surface area contributed by atoms with Crippen LogP contribution in [0, 0.1) is 0 Å². The first-order valence-electron chi connectivity index (χ1n) is 6.35. The Labute approximate surface area is 118 Å². The largest absolute Gasteiger partial charge is 0.387 e. The molecular weight excluding hydrogens is 276 g/mol. The van der Waals surface area contributed by atoms with Gasteiger partial charge in [0.1, 0.15) is 4.90 Å². The summed E-state index contributed by atoms with van der Waals surface area (Å²) in [6, 6.07) is 6.83. The standard InChI is InChI=1S/C13H18N4O2S/c1-14-12-5-2-3-6-13(12)20(18,19)16-7-4-9-17-10-8-15-11-17/h2-3,5-6,8,10-11,14,16H,4,7,9H2,1H3. The summed E-state index contributed by atoms with van der Waals surface area (Å²) in [7, 11) is -1.78. The fourth-order valence-electron chi connectivity index (χ4n) is 1.87. The van der Waals surface area contributed by atoms with E-state index in [9.17, 15) is 8.42 Å². The number of hydrogen-bond acceptors (Lipinski definition) is 4. The summed E-state index contributed by atoms with van der Waals surface area (Å²) in [6.07, 6.45) is 5.97. The molecule has 0 aliphatic heterocycles. The van der Waals surface area contributed by atoms with Gasteiger partial charge < -0.3 is 9.88 Å². The number of sulfonamides is 1. The fraction of sp³-hybridized carbons (Fsp3) is 0.308. The Morgan fingerprint density at radius 1 is 1.30 bits per heavy atom. The normalized spacial score (nSPS) is 11.4. The summed E-state index contributed by atoms with van der Waals surface area (Å²) in [5.41, 5.74) is 0.592. The van der Waals surface area contributed by atoms with Gasteiger partial charge in [-0.05, 0) is 18.6 Å². The quantitative estimate of drug-likeness (QED) is 0.755. The van der Waals surface area contributed by atoms with E-state index in [1.54, 1.807) is 43.8 Å². The number of nitrogens with zero attached hydrogens (tertiary/aromatic N) is 2. The van der Waals surface area contributed by atoms with E-state index < -0.39 is 10.0 Å². The van der Waals surface area contributed by atoms with Crippen LogP contribution in [0.25, 0.3) is 0 Å². The van der Waals surface area contributed by atoms with E-state index in [1.165, 1.54) is 0 Å². The van der Waals surface area contributed by atoms with Gasteiger partial charge in [0.05, 0.1) is 12.0 Å². The second-order valence-corrected chi connectivity index (χ2v) is 6.03. The number of nitrogens with one attached hydrogen (secondary N) is 2. The smallest absolute Gasteiger partial charge is 0.242 e. The van der Waals surface area contributed by atoms with E-state index >= 15 is 0 Å². The van der Waals surface area contributed by atoms with E-state index in [0.29, 0.717) is 18.7 Å². The number of aromatic nitrogens is 2. The minimum atomic E-state index is -3.48. The number of para-hydroxylation sites is 1. The molecule has 0 radical (unpaired) electrons. The minimum absolute atomic E-state index is 0.269. The zero-order valence-electron chi connectivity index (χ0n) is 11.3. The van der Waals surface area contributed by atoms with Crippen molar-refractivity contribution >= 4 is 15.7 Å². The van der Waals surface area contributed by atoms with Crippen LogP contribution in [0.4, 0.5) is 5.69 Å². The Morgan fingerprint density at radius 3 is 2.80 bits per heavy atom. The minimum Gasteiger partial charge on any atom is -0.387 e. The number of benzene rings is 1. The van der Waals surface area contributed by atoms with Gasteiger partial charge >= 0.3 is 0 Å². The highest BCUT2D eigenvalue weighted by molar-refractivity contribution is 7.89. The zero-order valence-corrected chi connectivity index (χ0v) is 12.1. The summed E-state index contributed by atoms with van der Waals surface area (Å²) in [5, 5.41) is 2.88. The Bertz CT molecular complexity index is 638. The lowest BCUT2D eigenvalue weighted by molar-refractivity contribution is 0.570. The first kappa shape index (κ1) is 14.5. The molecule has 1 aromatic carbocycles. The van der Waals surface area contributed by atoms with Crippen molar-refractivity contribution in [2.75, 3.05) is 18.9 Å². The van der Waals surface area contributed by atoms with Crippen molar-refractivity contribution < 1.29 is 8.42 Å². The molecule has 20 heavy (non-hydrogen) atoms. The van der Waals surface area contributed by atoms with Crippen LogP contribution in [-0.4, -0.2) is 31.6 Å². The zero-order chi connectivity index (χ0) is 14.4. The van der Waals surface area contributed by atoms with Gasteiger partial charge in [-0.3, -0.25) is 0 Å². The highest BCUT2D eigenvalue weighted by atomic mass is 32.2. The predicted molar refractivity (Wildman–Crippen MR) is 78.0 cm³/mol. The van der Waals surface area contributed by atoms with E-state index in [0.717, 1.165) is 6.54 Å². The van der Waals surface area contributed by atoms with Crippen molar-refractivity contribution in [3.63, 3.8) is 0 Å². The topological polar surface area (TPSA) is 76.0 Å². The van der Waals surface area contributed by atoms with Crippen LogP contribution in [0.3, 0.4) is 0 Å². The van der Waals surface area contributed by atoms with Crippen LogP contribution in [0.15, 0.2) is 47.9 Å². The lowest BCUT2D eigenvalue weighted by Gasteiger charge is -2.11. The van der Waals surface area contributed by atoms with E-state index in [1.807, 2.05) is 10.8 Å². The molecule has 7 heteroatoms. The molecule has 108 valence electrons. The van der Waals surface area contributed by atoms with Crippen molar-refractivity contribution in [1.29, 1.82) is 0 Å². The highest BCUT2D eigenvalue weighted by Crippen LogP contribution is 2.19. The molecule has 6 nitrogen and oxygen atoms in total. The number of hydrogen-bond donors (Lipinski definition) is 2. The second-order valence-electron chi connectivity index (χ2n) is 4.30. The summed E-state index contributed by atoms with van der Waals surface area (Å²) < 4.78 is 28.9. The molecule has 0 aliphatic carbocycles. The van der Waals surface area contributed by atoms with Gasteiger partial charge in [-0.25, -0.2) is 18.1 Å². The first-order valence-corrected chi connectivity index (χ1v) is 7.84. The fourth-order valence-corrected chi connectivity index (χ4v) is 3.16. The van der Waals surface area contributed by atoms with Crippen LogP contribution < -0.4 is 10.0 Å². The molecule has 0 amide bonds. The molecule has 0 saturated heterocycles. The van der Waals surface area contributed by atoms with Crippen LogP contribution in [0.2, 0.25) is 0 Å². The third-order valence-electron chi connectivity index (χ3n) is 2.89. The average molecular weight is 294 g/mol. The molecular formula is C13H18N4O2S. The molecule has 0 atom stereocenters. The van der Waals surface area contributed by atoms with Gasteiger partial charge in [0, 0.05) is 32.5 Å². The molecule has 0 bridgehead atoms. The maximum absolute atomic E-state index is 12.2. The number of rotatable bonds is 7. The molecule has 1 aromatic heterocycles.